The third kappa shape index (κ3) is 3.33. The van der Waals surface area contributed by atoms with Crippen LogP contribution in [0.4, 0.5) is 0 Å². The van der Waals surface area contributed by atoms with Crippen molar-refractivity contribution in [1.82, 2.24) is 0 Å². The number of carbonyl (C=O) groups excluding carboxylic acids is 3. The minimum Gasteiger partial charge on any atom is -0.507 e. The molecular weight excluding hydrogens is 304 g/mol. The summed E-state index contributed by atoms with van der Waals surface area (Å²) in [7, 11) is 0. The SMILES string of the molecule is CCOC(=O)C(=CC1OC(=O)c2c(O)cccc21)C(=O)OCC. The Labute approximate surface area is 132 Å². The topological polar surface area (TPSA) is 99.1 Å². The van der Waals surface area contributed by atoms with E-state index in [9.17, 15) is 19.5 Å². The third-order valence-electron chi connectivity index (χ3n) is 3.13. The number of ether oxygens (including phenoxy) is 3. The van der Waals surface area contributed by atoms with Crippen molar-refractivity contribution in [3.8, 4) is 5.75 Å². The van der Waals surface area contributed by atoms with Gasteiger partial charge in [0, 0.05) is 5.56 Å². The lowest BCUT2D eigenvalue weighted by Gasteiger charge is -2.10. The van der Waals surface area contributed by atoms with Crippen LogP contribution in [0, 0.1) is 0 Å². The molecule has 0 saturated heterocycles. The normalized spacial score (nSPS) is 15.4. The second kappa shape index (κ2) is 6.95. The zero-order valence-corrected chi connectivity index (χ0v) is 12.7. The molecule has 7 nitrogen and oxygen atoms in total. The molecule has 0 fully saturated rings. The second-order valence-corrected chi connectivity index (χ2v) is 4.59. The molecule has 1 aliphatic rings. The first kappa shape index (κ1) is 16.5. The fourth-order valence-electron chi connectivity index (χ4n) is 2.17. The molecule has 23 heavy (non-hydrogen) atoms. The maximum atomic E-state index is 11.9. The zero-order chi connectivity index (χ0) is 17.0. The Balaban J connectivity index is 2.41. The number of fused-ring (bicyclic) bond motifs is 1. The molecule has 1 aliphatic heterocycles. The van der Waals surface area contributed by atoms with Crippen molar-refractivity contribution >= 4 is 17.9 Å². The predicted octanol–water partition coefficient (Wildman–Crippen LogP) is 1.66. The Kier molecular flexibility index (Phi) is 5.00. The summed E-state index contributed by atoms with van der Waals surface area (Å²) in [5, 5.41) is 9.74. The summed E-state index contributed by atoms with van der Waals surface area (Å²) < 4.78 is 14.8. The van der Waals surface area contributed by atoms with Crippen LogP contribution in [0.15, 0.2) is 29.8 Å². The summed E-state index contributed by atoms with van der Waals surface area (Å²) in [5.74, 6) is -2.69. The molecule has 1 aromatic rings. The molecule has 0 saturated carbocycles. The van der Waals surface area contributed by atoms with E-state index in [0.717, 1.165) is 0 Å². The van der Waals surface area contributed by atoms with Gasteiger partial charge in [-0.15, -0.1) is 0 Å². The van der Waals surface area contributed by atoms with Gasteiger partial charge >= 0.3 is 17.9 Å². The van der Waals surface area contributed by atoms with Crippen LogP contribution in [0.25, 0.3) is 0 Å². The lowest BCUT2D eigenvalue weighted by Crippen LogP contribution is -2.19. The Morgan fingerprint density at radius 1 is 1.22 bits per heavy atom. The minimum absolute atomic E-state index is 0.0146. The lowest BCUT2D eigenvalue weighted by atomic mass is 10.0. The van der Waals surface area contributed by atoms with Gasteiger partial charge in [0.15, 0.2) is 0 Å². The van der Waals surface area contributed by atoms with Gasteiger partial charge in [-0.05, 0) is 26.0 Å². The monoisotopic (exact) mass is 320 g/mol. The quantitative estimate of drug-likeness (QED) is 0.289. The summed E-state index contributed by atoms with van der Waals surface area (Å²) >= 11 is 0. The molecule has 0 amide bonds. The van der Waals surface area contributed by atoms with E-state index in [-0.39, 0.29) is 30.1 Å². The van der Waals surface area contributed by atoms with E-state index < -0.39 is 24.0 Å². The lowest BCUT2D eigenvalue weighted by molar-refractivity contribution is -0.146. The Bertz CT molecular complexity index is 655. The molecule has 1 unspecified atom stereocenters. The largest absolute Gasteiger partial charge is 0.507 e. The summed E-state index contributed by atoms with van der Waals surface area (Å²) in [6.45, 7) is 3.36. The van der Waals surface area contributed by atoms with Gasteiger partial charge < -0.3 is 19.3 Å². The van der Waals surface area contributed by atoms with E-state index in [0.29, 0.717) is 5.56 Å². The molecule has 1 heterocycles. The number of phenolic OH excluding ortho intramolecular Hbond substituents is 1. The van der Waals surface area contributed by atoms with Crippen LogP contribution < -0.4 is 0 Å². The fourth-order valence-corrected chi connectivity index (χ4v) is 2.17. The molecule has 0 spiro atoms. The Morgan fingerprint density at radius 3 is 2.39 bits per heavy atom. The molecule has 1 aromatic carbocycles. The average Bonchev–Trinajstić information content (AvgIpc) is 2.82. The number of benzene rings is 1. The number of rotatable bonds is 5. The van der Waals surface area contributed by atoms with E-state index in [1.807, 2.05) is 0 Å². The van der Waals surface area contributed by atoms with E-state index in [1.165, 1.54) is 18.2 Å². The van der Waals surface area contributed by atoms with E-state index >= 15 is 0 Å². The predicted molar refractivity (Wildman–Crippen MR) is 77.6 cm³/mol. The van der Waals surface area contributed by atoms with Gasteiger partial charge in [0.2, 0.25) is 0 Å². The summed E-state index contributed by atoms with van der Waals surface area (Å²) in [6.07, 6.45) is 0.188. The van der Waals surface area contributed by atoms with Crippen LogP contribution in [0.3, 0.4) is 0 Å². The number of hydrogen-bond donors (Lipinski definition) is 1. The van der Waals surface area contributed by atoms with Crippen LogP contribution in [-0.2, 0) is 23.8 Å². The number of cyclic esters (lactones) is 1. The maximum absolute atomic E-state index is 11.9. The highest BCUT2D eigenvalue weighted by Crippen LogP contribution is 2.37. The maximum Gasteiger partial charge on any atom is 0.345 e. The van der Waals surface area contributed by atoms with Gasteiger partial charge in [-0.2, -0.15) is 0 Å². The first-order valence-corrected chi connectivity index (χ1v) is 7.08. The molecule has 1 N–H and O–H groups in total. The summed E-state index contributed by atoms with van der Waals surface area (Å²) in [5.41, 5.74) is 0.0182. The zero-order valence-electron chi connectivity index (χ0n) is 12.7. The first-order valence-electron chi connectivity index (χ1n) is 7.08. The van der Waals surface area contributed by atoms with Crippen molar-refractivity contribution in [1.29, 1.82) is 0 Å². The Hall–Kier alpha value is -2.83. The highest BCUT2D eigenvalue weighted by atomic mass is 16.6. The van der Waals surface area contributed by atoms with Crippen molar-refractivity contribution in [2.75, 3.05) is 13.2 Å². The van der Waals surface area contributed by atoms with Crippen LogP contribution in [0.1, 0.15) is 35.9 Å². The first-order chi connectivity index (χ1) is 11.0. The molecule has 0 aliphatic carbocycles. The van der Waals surface area contributed by atoms with Crippen molar-refractivity contribution < 1.29 is 33.7 Å². The molecule has 122 valence electrons. The number of hydrogen-bond acceptors (Lipinski definition) is 7. The van der Waals surface area contributed by atoms with Crippen molar-refractivity contribution in [2.45, 2.75) is 20.0 Å². The molecule has 7 heteroatoms. The second-order valence-electron chi connectivity index (χ2n) is 4.59. The number of aromatic hydroxyl groups is 1. The molecule has 1 atom stereocenters. The molecule has 0 radical (unpaired) electrons. The standard InChI is InChI=1S/C16H16O7/c1-3-21-14(18)10(15(19)22-4-2)8-12-9-6-5-7-11(17)13(9)16(20)23-12/h5-8,12,17H,3-4H2,1-2H3. The van der Waals surface area contributed by atoms with Crippen LogP contribution in [0.2, 0.25) is 0 Å². The van der Waals surface area contributed by atoms with Gasteiger partial charge in [-0.25, -0.2) is 14.4 Å². The van der Waals surface area contributed by atoms with Gasteiger partial charge in [0.1, 0.15) is 23.0 Å². The van der Waals surface area contributed by atoms with E-state index in [4.69, 9.17) is 14.2 Å². The van der Waals surface area contributed by atoms with Gasteiger partial charge in [-0.1, -0.05) is 12.1 Å². The van der Waals surface area contributed by atoms with Crippen molar-refractivity contribution in [3.63, 3.8) is 0 Å². The molecule has 0 aromatic heterocycles. The Morgan fingerprint density at radius 2 is 1.83 bits per heavy atom. The molecule has 0 bridgehead atoms. The van der Waals surface area contributed by atoms with Crippen LogP contribution in [0.5, 0.6) is 5.75 Å². The fraction of sp³-hybridized carbons (Fsp3) is 0.312. The summed E-state index contributed by atoms with van der Waals surface area (Å²) in [6, 6.07) is 4.45. The molecule has 2 rings (SSSR count). The molecular formula is C16H16O7. The highest BCUT2D eigenvalue weighted by Gasteiger charge is 2.34. The number of carbonyl (C=O) groups is 3. The van der Waals surface area contributed by atoms with Gasteiger partial charge in [-0.3, -0.25) is 0 Å². The van der Waals surface area contributed by atoms with Gasteiger partial charge in [0.05, 0.1) is 13.2 Å². The van der Waals surface area contributed by atoms with Crippen LogP contribution in [-0.4, -0.2) is 36.2 Å². The number of phenols is 1. The minimum atomic E-state index is -0.978. The number of esters is 3. The van der Waals surface area contributed by atoms with Crippen molar-refractivity contribution in [2.24, 2.45) is 0 Å². The van der Waals surface area contributed by atoms with Gasteiger partial charge in [0.25, 0.3) is 0 Å². The summed E-state index contributed by atoms with van der Waals surface area (Å²) in [4.78, 5) is 35.7. The van der Waals surface area contributed by atoms with E-state index in [2.05, 4.69) is 0 Å². The average molecular weight is 320 g/mol. The van der Waals surface area contributed by atoms with Crippen molar-refractivity contribution in [3.05, 3.63) is 41.0 Å². The van der Waals surface area contributed by atoms with Crippen LogP contribution >= 0.6 is 0 Å². The third-order valence-corrected chi connectivity index (χ3v) is 3.13. The van der Waals surface area contributed by atoms with E-state index in [1.54, 1.807) is 19.9 Å². The smallest absolute Gasteiger partial charge is 0.345 e. The highest BCUT2D eigenvalue weighted by molar-refractivity contribution is 6.14.